The largest absolute Gasteiger partial charge is 0.298 e. The highest BCUT2D eigenvalue weighted by molar-refractivity contribution is 7.22. The lowest BCUT2D eigenvalue weighted by atomic mass is 10.2. The van der Waals surface area contributed by atoms with Gasteiger partial charge in [-0.1, -0.05) is 29.5 Å². The van der Waals surface area contributed by atoms with E-state index in [9.17, 15) is 4.79 Å². The van der Waals surface area contributed by atoms with E-state index in [1.165, 1.54) is 16.9 Å². The molecule has 4 heteroatoms. The maximum absolute atomic E-state index is 12.0. The number of rotatable bonds is 2. The molecule has 0 aliphatic rings. The number of carbonyl (C=O) groups is 1. The molecule has 0 aliphatic heterocycles. The van der Waals surface area contributed by atoms with E-state index >= 15 is 0 Å². The molecule has 0 saturated carbocycles. The zero-order chi connectivity index (χ0) is 13.2. The van der Waals surface area contributed by atoms with Gasteiger partial charge in [-0.25, -0.2) is 4.98 Å². The Hall–Kier alpha value is -2.20. The van der Waals surface area contributed by atoms with E-state index < -0.39 is 0 Å². The maximum Gasteiger partial charge on any atom is 0.257 e. The Kier molecular flexibility index (Phi) is 3.01. The first-order valence-corrected chi connectivity index (χ1v) is 6.69. The minimum Gasteiger partial charge on any atom is -0.298 e. The van der Waals surface area contributed by atoms with Crippen LogP contribution in [-0.2, 0) is 0 Å². The first-order valence-electron chi connectivity index (χ1n) is 5.87. The van der Waals surface area contributed by atoms with E-state index in [-0.39, 0.29) is 5.91 Å². The number of benzene rings is 2. The second kappa shape index (κ2) is 4.82. The third-order valence-electron chi connectivity index (χ3n) is 2.73. The summed E-state index contributed by atoms with van der Waals surface area (Å²) in [6.45, 7) is 2.04. The van der Waals surface area contributed by atoms with Crippen molar-refractivity contribution in [2.75, 3.05) is 5.32 Å². The van der Waals surface area contributed by atoms with Gasteiger partial charge in [-0.3, -0.25) is 10.1 Å². The van der Waals surface area contributed by atoms with E-state index in [4.69, 9.17) is 0 Å². The summed E-state index contributed by atoms with van der Waals surface area (Å²) >= 11 is 1.48. The van der Waals surface area contributed by atoms with Gasteiger partial charge in [0.2, 0.25) is 0 Å². The smallest absolute Gasteiger partial charge is 0.257 e. The van der Waals surface area contributed by atoms with Crippen LogP contribution in [0.2, 0.25) is 0 Å². The lowest BCUT2D eigenvalue weighted by Crippen LogP contribution is -2.11. The highest BCUT2D eigenvalue weighted by atomic mass is 32.1. The lowest BCUT2D eigenvalue weighted by Gasteiger charge is -1.99. The molecule has 1 aromatic heterocycles. The number of amides is 1. The van der Waals surface area contributed by atoms with Crippen molar-refractivity contribution >= 4 is 32.6 Å². The summed E-state index contributed by atoms with van der Waals surface area (Å²) in [6, 6.07) is 15.9. The summed E-state index contributed by atoms with van der Waals surface area (Å²) in [5.41, 5.74) is 2.68. The first kappa shape index (κ1) is 11.9. The number of carbonyl (C=O) groups excluding carboxylic acids is 1. The van der Waals surface area contributed by atoms with Crippen LogP contribution in [0.3, 0.4) is 0 Å². The second-order valence-corrected chi connectivity index (χ2v) is 5.27. The fraction of sp³-hybridized carbons (Fsp3) is 0.0667. The molecule has 0 atom stereocenters. The predicted octanol–water partition coefficient (Wildman–Crippen LogP) is 3.66. The van der Waals surface area contributed by atoms with Crippen molar-refractivity contribution in [2.45, 2.75) is 6.92 Å². The molecule has 2 aromatic carbocycles. The fourth-order valence-corrected chi connectivity index (χ4v) is 2.75. The van der Waals surface area contributed by atoms with E-state index in [0.717, 1.165) is 10.2 Å². The zero-order valence-electron chi connectivity index (χ0n) is 10.3. The van der Waals surface area contributed by atoms with E-state index in [1.54, 1.807) is 24.3 Å². The lowest BCUT2D eigenvalue weighted by molar-refractivity contribution is 0.102. The van der Waals surface area contributed by atoms with Gasteiger partial charge in [0, 0.05) is 5.56 Å². The van der Waals surface area contributed by atoms with Crippen molar-refractivity contribution in [1.29, 1.82) is 0 Å². The summed E-state index contributed by atoms with van der Waals surface area (Å²) in [5, 5.41) is 3.44. The number of aryl methyl sites for hydroxylation is 1. The maximum atomic E-state index is 12.0. The topological polar surface area (TPSA) is 42.0 Å². The Labute approximate surface area is 114 Å². The van der Waals surface area contributed by atoms with Gasteiger partial charge in [0.25, 0.3) is 5.91 Å². The molecular formula is C15H11N2OS. The third-order valence-corrected chi connectivity index (χ3v) is 3.67. The molecule has 0 bridgehead atoms. The summed E-state index contributed by atoms with van der Waals surface area (Å²) in [7, 11) is 0. The Morgan fingerprint density at radius 2 is 2.26 bits per heavy atom. The van der Waals surface area contributed by atoms with Crippen LogP contribution < -0.4 is 5.32 Å². The average Bonchev–Trinajstić information content (AvgIpc) is 2.81. The van der Waals surface area contributed by atoms with Crippen LogP contribution in [0, 0.1) is 13.0 Å². The number of aromatic nitrogens is 1. The summed E-state index contributed by atoms with van der Waals surface area (Å²) in [5.74, 6) is -0.160. The number of nitrogens with zero attached hydrogens (tertiary/aromatic N) is 1. The van der Waals surface area contributed by atoms with Crippen LogP contribution in [0.1, 0.15) is 15.9 Å². The quantitative estimate of drug-likeness (QED) is 0.770. The molecular weight excluding hydrogens is 256 g/mol. The SMILES string of the molecule is Cc1ccc2nc(NC(=O)c3c[c]ccc3)sc2c1. The third kappa shape index (κ3) is 2.48. The Bertz CT molecular complexity index is 734. The molecule has 93 valence electrons. The molecule has 3 rings (SSSR count). The van der Waals surface area contributed by atoms with Crippen LogP contribution >= 0.6 is 11.3 Å². The Morgan fingerprint density at radius 1 is 1.37 bits per heavy atom. The molecule has 1 amide bonds. The van der Waals surface area contributed by atoms with Crippen molar-refractivity contribution in [1.82, 2.24) is 4.98 Å². The predicted molar refractivity (Wildman–Crippen MR) is 77.6 cm³/mol. The van der Waals surface area contributed by atoms with Gasteiger partial charge in [-0.15, -0.1) is 0 Å². The van der Waals surface area contributed by atoms with Gasteiger partial charge in [0.05, 0.1) is 10.2 Å². The van der Waals surface area contributed by atoms with Gasteiger partial charge < -0.3 is 0 Å². The van der Waals surface area contributed by atoms with Gasteiger partial charge in [-0.05, 0) is 42.8 Å². The molecule has 3 aromatic rings. The average molecular weight is 267 g/mol. The molecule has 0 aliphatic carbocycles. The molecule has 19 heavy (non-hydrogen) atoms. The van der Waals surface area contributed by atoms with Crippen LogP contribution in [0.5, 0.6) is 0 Å². The molecule has 0 spiro atoms. The molecule has 0 fully saturated rings. The van der Waals surface area contributed by atoms with Gasteiger partial charge in [0.15, 0.2) is 5.13 Å². The van der Waals surface area contributed by atoms with Crippen molar-refractivity contribution < 1.29 is 4.79 Å². The number of fused-ring (bicyclic) bond motifs is 1. The van der Waals surface area contributed by atoms with Crippen LogP contribution in [0.15, 0.2) is 42.5 Å². The minimum atomic E-state index is -0.160. The number of thiazole rings is 1. The Morgan fingerprint density at radius 3 is 3.05 bits per heavy atom. The van der Waals surface area contributed by atoms with Gasteiger partial charge in [0.1, 0.15) is 0 Å². The number of nitrogens with one attached hydrogen (secondary N) is 1. The zero-order valence-corrected chi connectivity index (χ0v) is 11.1. The monoisotopic (exact) mass is 267 g/mol. The molecule has 1 radical (unpaired) electrons. The highest BCUT2D eigenvalue weighted by Crippen LogP contribution is 2.26. The van der Waals surface area contributed by atoms with Crippen LogP contribution in [-0.4, -0.2) is 10.9 Å². The van der Waals surface area contributed by atoms with E-state index in [1.807, 2.05) is 19.1 Å². The van der Waals surface area contributed by atoms with Gasteiger partial charge in [-0.2, -0.15) is 0 Å². The summed E-state index contributed by atoms with van der Waals surface area (Å²) in [4.78, 5) is 16.4. The van der Waals surface area contributed by atoms with Crippen LogP contribution in [0.4, 0.5) is 5.13 Å². The standard InChI is InChI=1S/C15H11N2OS/c1-10-7-8-12-13(9-10)19-15(16-12)17-14(18)11-5-3-2-4-6-11/h2-3,5-9H,1H3,(H,16,17,18). The minimum absolute atomic E-state index is 0.160. The van der Waals surface area contributed by atoms with E-state index in [0.29, 0.717) is 10.7 Å². The number of hydrogen-bond acceptors (Lipinski definition) is 3. The molecule has 0 saturated heterocycles. The highest BCUT2D eigenvalue weighted by Gasteiger charge is 2.09. The summed E-state index contributed by atoms with van der Waals surface area (Å²) < 4.78 is 1.08. The van der Waals surface area contributed by atoms with Crippen molar-refractivity contribution in [3.05, 3.63) is 59.7 Å². The van der Waals surface area contributed by atoms with Crippen molar-refractivity contribution in [3.8, 4) is 0 Å². The second-order valence-electron chi connectivity index (χ2n) is 4.24. The first-order chi connectivity index (χ1) is 9.22. The fourth-order valence-electron chi connectivity index (χ4n) is 1.79. The number of anilines is 1. The number of hydrogen-bond donors (Lipinski definition) is 1. The molecule has 1 heterocycles. The van der Waals surface area contributed by atoms with Gasteiger partial charge >= 0.3 is 0 Å². The normalized spacial score (nSPS) is 10.6. The Balaban J connectivity index is 1.87. The van der Waals surface area contributed by atoms with Crippen LogP contribution in [0.25, 0.3) is 10.2 Å². The van der Waals surface area contributed by atoms with Crippen molar-refractivity contribution in [2.24, 2.45) is 0 Å². The molecule has 1 N–H and O–H groups in total. The molecule has 0 unspecified atom stereocenters. The summed E-state index contributed by atoms with van der Waals surface area (Å²) in [6.07, 6.45) is 0. The van der Waals surface area contributed by atoms with Crippen molar-refractivity contribution in [3.63, 3.8) is 0 Å². The van der Waals surface area contributed by atoms with E-state index in [2.05, 4.69) is 22.4 Å². The molecule has 3 nitrogen and oxygen atoms in total.